The van der Waals surface area contributed by atoms with Crippen LogP contribution in [0.15, 0.2) is 54.3 Å². The fraction of sp³-hybridized carbons (Fsp3) is 0.143. The molecule has 0 amide bonds. The molecular formula is C14H13N3OS. The third-order valence-corrected chi connectivity index (χ3v) is 3.66. The first kappa shape index (κ1) is 12.1. The van der Waals surface area contributed by atoms with E-state index in [9.17, 15) is 5.11 Å². The summed E-state index contributed by atoms with van der Waals surface area (Å²) in [5, 5.41) is 13.3. The Morgan fingerprint density at radius 1 is 1.16 bits per heavy atom. The monoisotopic (exact) mass is 271 g/mol. The molecule has 0 aliphatic carbocycles. The van der Waals surface area contributed by atoms with E-state index in [-0.39, 0.29) is 0 Å². The molecule has 0 unspecified atom stereocenters. The Morgan fingerprint density at radius 2 is 2.00 bits per heavy atom. The highest BCUT2D eigenvalue weighted by molar-refractivity contribution is 7.09. The number of aliphatic hydroxyl groups excluding tert-OH is 1. The summed E-state index contributed by atoms with van der Waals surface area (Å²) in [6.45, 7) is 0.636. The van der Waals surface area contributed by atoms with Crippen LogP contribution in [0.1, 0.15) is 22.5 Å². The first-order valence-corrected chi connectivity index (χ1v) is 6.85. The highest BCUT2D eigenvalue weighted by Gasteiger charge is 2.16. The van der Waals surface area contributed by atoms with Gasteiger partial charge in [0.1, 0.15) is 16.9 Å². The first-order chi connectivity index (χ1) is 9.34. The molecule has 0 radical (unpaired) electrons. The van der Waals surface area contributed by atoms with Crippen LogP contribution in [0.4, 0.5) is 0 Å². The van der Waals surface area contributed by atoms with Crippen molar-refractivity contribution in [2.75, 3.05) is 0 Å². The second kappa shape index (κ2) is 5.34. The number of benzene rings is 1. The van der Waals surface area contributed by atoms with Crippen molar-refractivity contribution in [2.45, 2.75) is 12.6 Å². The van der Waals surface area contributed by atoms with Gasteiger partial charge in [-0.3, -0.25) is 0 Å². The Labute approximate surface area is 115 Å². The Kier molecular flexibility index (Phi) is 3.39. The molecule has 1 atom stereocenters. The molecule has 96 valence electrons. The molecule has 0 aliphatic rings. The largest absolute Gasteiger partial charge is 0.380 e. The molecule has 2 heterocycles. The van der Waals surface area contributed by atoms with Gasteiger partial charge in [0.15, 0.2) is 0 Å². The summed E-state index contributed by atoms with van der Waals surface area (Å²) in [6.07, 6.45) is 4.64. The van der Waals surface area contributed by atoms with Gasteiger partial charge in [-0.1, -0.05) is 30.3 Å². The number of thiazole rings is 1. The number of aliphatic hydroxyl groups is 1. The predicted octanol–water partition coefficient (Wildman–Crippen LogP) is 2.47. The predicted molar refractivity (Wildman–Crippen MR) is 73.9 cm³/mol. The van der Waals surface area contributed by atoms with Gasteiger partial charge >= 0.3 is 0 Å². The van der Waals surface area contributed by atoms with E-state index in [1.165, 1.54) is 0 Å². The summed E-state index contributed by atoms with van der Waals surface area (Å²) in [7, 11) is 0. The molecular weight excluding hydrogens is 258 g/mol. The van der Waals surface area contributed by atoms with Crippen molar-refractivity contribution in [2.24, 2.45) is 0 Å². The quantitative estimate of drug-likeness (QED) is 0.793. The molecule has 0 bridgehead atoms. The van der Waals surface area contributed by atoms with E-state index < -0.39 is 6.10 Å². The maximum atomic E-state index is 10.4. The molecule has 0 aliphatic heterocycles. The van der Waals surface area contributed by atoms with Crippen LogP contribution >= 0.6 is 11.3 Å². The van der Waals surface area contributed by atoms with Crippen molar-refractivity contribution in [3.8, 4) is 0 Å². The van der Waals surface area contributed by atoms with E-state index in [4.69, 9.17) is 0 Å². The Hall–Kier alpha value is -1.98. The molecule has 0 saturated carbocycles. The molecule has 0 spiro atoms. The maximum Gasteiger partial charge on any atom is 0.142 e. The van der Waals surface area contributed by atoms with Gasteiger partial charge in [-0.2, -0.15) is 0 Å². The van der Waals surface area contributed by atoms with Crippen LogP contribution in [0.3, 0.4) is 0 Å². The second-order valence-electron chi connectivity index (χ2n) is 4.15. The molecule has 4 nitrogen and oxygen atoms in total. The lowest BCUT2D eigenvalue weighted by atomic mass is 10.1. The van der Waals surface area contributed by atoms with Gasteiger partial charge in [-0.25, -0.2) is 9.97 Å². The van der Waals surface area contributed by atoms with Gasteiger partial charge in [0.25, 0.3) is 0 Å². The highest BCUT2D eigenvalue weighted by atomic mass is 32.1. The van der Waals surface area contributed by atoms with E-state index in [2.05, 4.69) is 9.97 Å². The summed E-state index contributed by atoms with van der Waals surface area (Å²) in [4.78, 5) is 8.52. The maximum absolute atomic E-state index is 10.4. The standard InChI is InChI=1S/C14H13N3OS/c18-13(11-4-2-1-3-5-11)14-16-6-8-17(14)10-12-15-7-9-19-12/h1-9,13,18H,10H2/t13-/m0/s1. The van der Waals surface area contributed by atoms with Gasteiger partial charge in [-0.15, -0.1) is 11.3 Å². The van der Waals surface area contributed by atoms with Gasteiger partial charge in [0.05, 0.1) is 6.54 Å². The molecule has 1 aromatic carbocycles. The number of hydrogen-bond donors (Lipinski definition) is 1. The van der Waals surface area contributed by atoms with Crippen LogP contribution in [-0.4, -0.2) is 19.6 Å². The molecule has 19 heavy (non-hydrogen) atoms. The van der Waals surface area contributed by atoms with Crippen LogP contribution in [-0.2, 0) is 6.54 Å². The number of imidazole rings is 1. The van der Waals surface area contributed by atoms with Gasteiger partial charge in [-0.05, 0) is 5.56 Å². The average molecular weight is 271 g/mol. The van der Waals surface area contributed by atoms with Crippen molar-refractivity contribution < 1.29 is 5.11 Å². The summed E-state index contributed by atoms with van der Waals surface area (Å²) in [6, 6.07) is 9.54. The topological polar surface area (TPSA) is 50.9 Å². The number of aromatic nitrogens is 3. The zero-order valence-corrected chi connectivity index (χ0v) is 11.0. The van der Waals surface area contributed by atoms with Gasteiger partial charge in [0, 0.05) is 24.0 Å². The second-order valence-corrected chi connectivity index (χ2v) is 5.13. The third kappa shape index (κ3) is 2.57. The van der Waals surface area contributed by atoms with Crippen LogP contribution in [0.25, 0.3) is 0 Å². The number of rotatable bonds is 4. The minimum absolute atomic E-state index is 0.636. The van der Waals surface area contributed by atoms with E-state index in [0.29, 0.717) is 12.4 Å². The molecule has 3 aromatic rings. The highest BCUT2D eigenvalue weighted by Crippen LogP contribution is 2.21. The van der Waals surface area contributed by atoms with Crippen molar-refractivity contribution in [3.05, 3.63) is 70.7 Å². The lowest BCUT2D eigenvalue weighted by Crippen LogP contribution is -2.10. The Bertz CT molecular complexity index is 634. The normalized spacial score (nSPS) is 12.5. The number of hydrogen-bond acceptors (Lipinski definition) is 4. The Balaban J connectivity index is 1.88. The van der Waals surface area contributed by atoms with E-state index in [1.54, 1.807) is 23.7 Å². The summed E-state index contributed by atoms with van der Waals surface area (Å²) in [5.74, 6) is 0.640. The Morgan fingerprint density at radius 3 is 2.74 bits per heavy atom. The van der Waals surface area contributed by atoms with Crippen molar-refractivity contribution in [1.82, 2.24) is 14.5 Å². The van der Waals surface area contributed by atoms with E-state index in [0.717, 1.165) is 10.6 Å². The van der Waals surface area contributed by atoms with Crippen molar-refractivity contribution >= 4 is 11.3 Å². The minimum atomic E-state index is -0.712. The smallest absolute Gasteiger partial charge is 0.142 e. The molecule has 1 N–H and O–H groups in total. The summed E-state index contributed by atoms with van der Waals surface area (Å²) in [5.41, 5.74) is 0.842. The van der Waals surface area contributed by atoms with Gasteiger partial charge in [0.2, 0.25) is 0 Å². The van der Waals surface area contributed by atoms with E-state index >= 15 is 0 Å². The van der Waals surface area contributed by atoms with Crippen LogP contribution in [0, 0.1) is 0 Å². The number of nitrogens with zero attached hydrogens (tertiary/aromatic N) is 3. The molecule has 0 saturated heterocycles. The summed E-state index contributed by atoms with van der Waals surface area (Å²) >= 11 is 1.60. The van der Waals surface area contributed by atoms with Crippen LogP contribution in [0.2, 0.25) is 0 Å². The first-order valence-electron chi connectivity index (χ1n) is 5.97. The zero-order valence-electron chi connectivity index (χ0n) is 10.2. The molecule has 2 aromatic heterocycles. The average Bonchev–Trinajstić information content (AvgIpc) is 3.11. The lowest BCUT2D eigenvalue weighted by Gasteiger charge is -2.12. The van der Waals surface area contributed by atoms with Crippen LogP contribution in [0.5, 0.6) is 0 Å². The van der Waals surface area contributed by atoms with Crippen LogP contribution < -0.4 is 0 Å². The van der Waals surface area contributed by atoms with Crippen molar-refractivity contribution in [1.29, 1.82) is 0 Å². The fourth-order valence-corrected chi connectivity index (χ4v) is 2.58. The van der Waals surface area contributed by atoms with Gasteiger partial charge < -0.3 is 9.67 Å². The molecule has 0 fully saturated rings. The summed E-state index contributed by atoms with van der Waals surface area (Å²) < 4.78 is 1.93. The molecule has 5 heteroatoms. The SMILES string of the molecule is O[C@@H](c1ccccc1)c1nccn1Cc1nccs1. The third-order valence-electron chi connectivity index (χ3n) is 2.90. The minimum Gasteiger partial charge on any atom is -0.380 e. The van der Waals surface area contributed by atoms with Crippen molar-refractivity contribution in [3.63, 3.8) is 0 Å². The lowest BCUT2D eigenvalue weighted by molar-refractivity contribution is 0.205. The zero-order chi connectivity index (χ0) is 13.1. The fourth-order valence-electron chi connectivity index (χ4n) is 1.96. The van der Waals surface area contributed by atoms with E-state index in [1.807, 2.05) is 46.5 Å². The molecule has 3 rings (SSSR count).